The summed E-state index contributed by atoms with van der Waals surface area (Å²) >= 11 is 0. The molecule has 0 aromatic carbocycles. The molecular weight excluding hydrogens is 284 g/mol. The van der Waals surface area contributed by atoms with E-state index in [-0.39, 0.29) is 6.10 Å². The number of carbonyl (C=O) groups is 1. The van der Waals surface area contributed by atoms with Gasteiger partial charge >= 0.3 is 0 Å². The van der Waals surface area contributed by atoms with Crippen LogP contribution in [0.2, 0.25) is 0 Å². The highest BCUT2D eigenvalue weighted by Gasteiger charge is 2.56. The second-order valence-corrected chi connectivity index (χ2v) is 8.95. The average Bonchev–Trinajstić information content (AvgIpc) is 2.84. The number of hydrogen-bond donors (Lipinski definition) is 0. The highest BCUT2D eigenvalue weighted by atomic mass is 16.5. The van der Waals surface area contributed by atoms with Crippen molar-refractivity contribution in [3.05, 3.63) is 23.8 Å². The number of fused-ring (bicyclic) bond motifs is 5. The first-order valence-electron chi connectivity index (χ1n) is 9.46. The Morgan fingerprint density at radius 1 is 1.17 bits per heavy atom. The topological polar surface area (TPSA) is 26.3 Å². The summed E-state index contributed by atoms with van der Waals surface area (Å²) < 4.78 is 5.28. The van der Waals surface area contributed by atoms with Crippen molar-refractivity contribution in [2.75, 3.05) is 0 Å². The minimum atomic E-state index is 0.114. The quantitative estimate of drug-likeness (QED) is 0.527. The van der Waals surface area contributed by atoms with Crippen LogP contribution in [-0.4, -0.2) is 12.6 Å². The molecule has 0 spiro atoms. The van der Waals surface area contributed by atoms with Gasteiger partial charge in [0, 0.05) is 6.42 Å². The van der Waals surface area contributed by atoms with Crippen molar-refractivity contribution in [2.24, 2.45) is 28.6 Å². The van der Waals surface area contributed by atoms with Crippen LogP contribution in [0.4, 0.5) is 0 Å². The Labute approximate surface area is 140 Å². The molecule has 3 saturated carbocycles. The van der Waals surface area contributed by atoms with E-state index in [1.165, 1.54) is 44.1 Å². The van der Waals surface area contributed by atoms with Crippen LogP contribution in [0.25, 0.3) is 0 Å². The van der Waals surface area contributed by atoms with Crippen molar-refractivity contribution in [3.63, 3.8) is 0 Å². The molecule has 0 aromatic rings. The third-order valence-electron chi connectivity index (χ3n) is 8.26. The molecule has 0 aliphatic heterocycles. The maximum Gasteiger partial charge on any atom is 0.293 e. The maximum absolute atomic E-state index is 10.7. The Morgan fingerprint density at radius 2 is 1.91 bits per heavy atom. The Kier molecular flexibility index (Phi) is 3.52. The number of carbonyl (C=O) groups excluding carboxylic acids is 1. The molecule has 2 heteroatoms. The summed E-state index contributed by atoms with van der Waals surface area (Å²) in [5.41, 5.74) is 3.85. The van der Waals surface area contributed by atoms with Gasteiger partial charge in [0.15, 0.2) is 0 Å². The van der Waals surface area contributed by atoms with Crippen LogP contribution in [0.5, 0.6) is 0 Å². The zero-order chi connectivity index (χ0) is 16.2. The first kappa shape index (κ1) is 15.5. The number of rotatable bonds is 2. The summed E-state index contributed by atoms with van der Waals surface area (Å²) in [5.74, 6) is 2.50. The lowest BCUT2D eigenvalue weighted by atomic mass is 9.48. The highest BCUT2D eigenvalue weighted by Crippen LogP contribution is 2.65. The Balaban J connectivity index is 1.63. The fourth-order valence-electron chi connectivity index (χ4n) is 6.73. The molecular formula is C21H30O2. The molecule has 0 bridgehead atoms. The van der Waals surface area contributed by atoms with Gasteiger partial charge in [-0.05, 0) is 73.5 Å². The van der Waals surface area contributed by atoms with E-state index in [1.54, 1.807) is 5.57 Å². The molecule has 4 aliphatic carbocycles. The van der Waals surface area contributed by atoms with Crippen molar-refractivity contribution in [1.82, 2.24) is 0 Å². The van der Waals surface area contributed by atoms with Gasteiger partial charge in [0.2, 0.25) is 0 Å². The lowest BCUT2D eigenvalue weighted by Gasteiger charge is -2.57. The molecule has 4 aliphatic rings. The third-order valence-corrected chi connectivity index (χ3v) is 8.26. The smallest absolute Gasteiger partial charge is 0.293 e. The summed E-state index contributed by atoms with van der Waals surface area (Å²) in [6, 6.07) is 0. The summed E-state index contributed by atoms with van der Waals surface area (Å²) in [4.78, 5) is 10.7. The van der Waals surface area contributed by atoms with Crippen molar-refractivity contribution >= 4 is 6.47 Å². The molecule has 6 atom stereocenters. The van der Waals surface area contributed by atoms with E-state index in [1.807, 2.05) is 0 Å². The summed E-state index contributed by atoms with van der Waals surface area (Å²) in [7, 11) is 0. The molecule has 0 unspecified atom stereocenters. The van der Waals surface area contributed by atoms with E-state index in [2.05, 4.69) is 26.5 Å². The van der Waals surface area contributed by atoms with E-state index in [4.69, 9.17) is 4.74 Å². The number of hydrogen-bond acceptors (Lipinski definition) is 2. The monoisotopic (exact) mass is 314 g/mol. The normalized spacial score (nSPS) is 48.8. The van der Waals surface area contributed by atoms with Crippen LogP contribution in [-0.2, 0) is 9.53 Å². The van der Waals surface area contributed by atoms with Gasteiger partial charge in [0.05, 0.1) is 0 Å². The summed E-state index contributed by atoms with van der Waals surface area (Å²) in [5, 5.41) is 0. The van der Waals surface area contributed by atoms with E-state index >= 15 is 0 Å². The summed E-state index contributed by atoms with van der Waals surface area (Å²) in [6.45, 7) is 10.0. The second-order valence-electron chi connectivity index (χ2n) is 8.95. The minimum absolute atomic E-state index is 0.114. The van der Waals surface area contributed by atoms with Crippen LogP contribution in [0.3, 0.4) is 0 Å². The van der Waals surface area contributed by atoms with Crippen LogP contribution in [0.1, 0.15) is 65.2 Å². The predicted molar refractivity (Wildman–Crippen MR) is 91.8 cm³/mol. The zero-order valence-electron chi connectivity index (χ0n) is 14.6. The lowest BCUT2D eigenvalue weighted by Crippen LogP contribution is -2.49. The lowest BCUT2D eigenvalue weighted by molar-refractivity contribution is -0.135. The molecule has 23 heavy (non-hydrogen) atoms. The fraction of sp³-hybridized carbons (Fsp3) is 0.762. The zero-order valence-corrected chi connectivity index (χ0v) is 14.6. The molecule has 0 radical (unpaired) electrons. The van der Waals surface area contributed by atoms with E-state index < -0.39 is 0 Å². The molecule has 2 nitrogen and oxygen atoms in total. The van der Waals surface area contributed by atoms with E-state index in [0.717, 1.165) is 30.6 Å². The van der Waals surface area contributed by atoms with E-state index in [9.17, 15) is 4.79 Å². The van der Waals surface area contributed by atoms with Gasteiger partial charge in [0.25, 0.3) is 6.47 Å². The van der Waals surface area contributed by atoms with Crippen LogP contribution >= 0.6 is 0 Å². The number of allylic oxidation sites excluding steroid dienone is 2. The second kappa shape index (κ2) is 5.22. The van der Waals surface area contributed by atoms with Gasteiger partial charge in [-0.15, -0.1) is 0 Å². The molecule has 4 rings (SSSR count). The van der Waals surface area contributed by atoms with Crippen molar-refractivity contribution in [3.8, 4) is 0 Å². The predicted octanol–water partition coefficient (Wildman–Crippen LogP) is 5.05. The van der Waals surface area contributed by atoms with Crippen LogP contribution in [0.15, 0.2) is 23.8 Å². The van der Waals surface area contributed by atoms with Gasteiger partial charge in [-0.3, -0.25) is 4.79 Å². The van der Waals surface area contributed by atoms with Crippen LogP contribution < -0.4 is 0 Å². The maximum atomic E-state index is 10.7. The Hall–Kier alpha value is -1.05. The van der Waals surface area contributed by atoms with Gasteiger partial charge in [-0.2, -0.15) is 0 Å². The van der Waals surface area contributed by atoms with Gasteiger partial charge in [-0.25, -0.2) is 0 Å². The van der Waals surface area contributed by atoms with E-state index in [0.29, 0.717) is 17.3 Å². The van der Waals surface area contributed by atoms with Gasteiger partial charge in [0.1, 0.15) is 6.10 Å². The minimum Gasteiger partial charge on any atom is -0.464 e. The molecule has 0 aromatic heterocycles. The standard InChI is InChI=1S/C21H30O2/c1-14-4-7-18-17-6-5-15-12-16(23-13-22)8-10-21(15,3)19(17)9-11-20(14,18)2/h5,13,16-19H,1,4,6-12H2,2-3H3/t16-,17-,18-,19-,20+,21-/m0/s1. The molecule has 0 N–H and O–H groups in total. The Morgan fingerprint density at radius 3 is 2.70 bits per heavy atom. The fourth-order valence-corrected chi connectivity index (χ4v) is 6.73. The average molecular weight is 314 g/mol. The van der Waals surface area contributed by atoms with Gasteiger partial charge in [-0.1, -0.05) is 37.6 Å². The van der Waals surface area contributed by atoms with Crippen molar-refractivity contribution in [2.45, 2.75) is 71.3 Å². The largest absolute Gasteiger partial charge is 0.464 e. The van der Waals surface area contributed by atoms with Crippen molar-refractivity contribution in [1.29, 1.82) is 0 Å². The molecule has 126 valence electrons. The summed E-state index contributed by atoms with van der Waals surface area (Å²) in [6.07, 6.45) is 12.3. The Bertz CT molecular complexity index is 562. The van der Waals surface area contributed by atoms with Crippen LogP contribution in [0, 0.1) is 28.6 Å². The SMILES string of the molecule is C=C1CC[C@H]2[C@@H]3CC=C4C[C@@H](OC=O)CC[C@]4(C)[C@H]3CC[C@]12C. The van der Waals surface area contributed by atoms with Crippen molar-refractivity contribution < 1.29 is 9.53 Å². The molecule has 0 saturated heterocycles. The van der Waals surface area contributed by atoms with Gasteiger partial charge < -0.3 is 4.74 Å². The molecule has 0 heterocycles. The first-order valence-corrected chi connectivity index (χ1v) is 9.46. The first-order chi connectivity index (χ1) is 11.0. The number of ether oxygens (including phenoxy) is 1. The third kappa shape index (κ3) is 2.09. The highest BCUT2D eigenvalue weighted by molar-refractivity contribution is 5.38. The molecule has 3 fully saturated rings. The molecule has 0 amide bonds.